The number of rotatable bonds is 12. The zero-order chi connectivity index (χ0) is 62.3. The molecule has 0 unspecified atom stereocenters. The minimum absolute atomic E-state index is 0.583. The van der Waals surface area contributed by atoms with E-state index in [9.17, 15) is 0 Å². The van der Waals surface area contributed by atoms with Gasteiger partial charge in [0.05, 0.1) is 22.7 Å². The number of hydrogen-bond donors (Lipinski definition) is 0. The van der Waals surface area contributed by atoms with Crippen molar-refractivity contribution < 1.29 is 0 Å². The lowest BCUT2D eigenvalue weighted by Crippen LogP contribution is -2.15. The summed E-state index contributed by atoms with van der Waals surface area (Å²) in [5, 5.41) is 0. The van der Waals surface area contributed by atoms with Crippen LogP contribution in [-0.2, 0) is 0 Å². The van der Waals surface area contributed by atoms with Crippen molar-refractivity contribution in [3.05, 3.63) is 328 Å². The van der Waals surface area contributed by atoms with Crippen molar-refractivity contribution in [3.63, 3.8) is 0 Å². The topological polar surface area (TPSA) is 83.8 Å². The number of anilines is 6. The summed E-state index contributed by atoms with van der Waals surface area (Å²) in [6.07, 6.45) is 0. The summed E-state index contributed by atoms with van der Waals surface area (Å²) in [7, 11) is 0. The molecule has 10 heteroatoms. The molecule has 15 aromatic rings. The van der Waals surface area contributed by atoms with Gasteiger partial charge in [-0.1, -0.05) is 230 Å². The van der Waals surface area contributed by atoms with Crippen molar-refractivity contribution in [2.75, 3.05) is 9.80 Å². The molecule has 0 bridgehead atoms. The van der Waals surface area contributed by atoms with E-state index in [1.165, 1.54) is 9.79 Å². The maximum absolute atomic E-state index is 5.35. The van der Waals surface area contributed by atoms with Gasteiger partial charge in [-0.2, -0.15) is 0 Å². The number of benzene rings is 13. The normalized spacial score (nSPS) is 12.1. The first kappa shape index (κ1) is 56.2. The van der Waals surface area contributed by atoms with E-state index in [1.54, 1.807) is 11.8 Å². The van der Waals surface area contributed by atoms with Crippen LogP contribution in [0.15, 0.2) is 347 Å². The summed E-state index contributed by atoms with van der Waals surface area (Å²) in [5.74, 6) is 3.60. The molecule has 0 atom stereocenters. The van der Waals surface area contributed by atoms with E-state index in [1.807, 2.05) is 66.4 Å². The smallest absolute Gasteiger partial charge is 0.164 e. The van der Waals surface area contributed by atoms with Crippen LogP contribution in [0, 0.1) is 0 Å². The molecule has 2 aliphatic heterocycles. The molecule has 0 radical (unpaired) electrons. The molecule has 0 spiro atoms. The number of hydrogen-bond acceptors (Lipinski definition) is 10. The Morgan fingerprint density at radius 3 is 0.989 bits per heavy atom. The van der Waals surface area contributed by atoms with Crippen LogP contribution in [0.2, 0.25) is 0 Å². The number of para-hydroxylation sites is 3. The summed E-state index contributed by atoms with van der Waals surface area (Å²) in [6.45, 7) is 0. The molecule has 0 aliphatic carbocycles. The van der Waals surface area contributed by atoms with Crippen LogP contribution >= 0.6 is 23.5 Å². The van der Waals surface area contributed by atoms with E-state index in [0.717, 1.165) is 122 Å². The number of aromatic nitrogens is 6. The Hall–Kier alpha value is -11.8. The Morgan fingerprint density at radius 2 is 0.489 bits per heavy atom. The van der Waals surface area contributed by atoms with Gasteiger partial charge >= 0.3 is 0 Å². The van der Waals surface area contributed by atoms with Crippen molar-refractivity contribution in [3.8, 4) is 113 Å². The van der Waals surface area contributed by atoms with Gasteiger partial charge in [-0.15, -0.1) is 0 Å². The van der Waals surface area contributed by atoms with Crippen LogP contribution in [0.5, 0.6) is 0 Å². The van der Waals surface area contributed by atoms with Gasteiger partial charge in [0, 0.05) is 64.3 Å². The SMILES string of the molecule is c1ccc(-c2cccc(-c3nc(-c4ccccc4)nc(-c4ccc(N5c6ccccc6Sc6c(-c7cccc(-c8cc(-c9ccccc9)cc(-c9nc(-c%10ccccc%10)nc(-c%10ccc(N%11c%12ccccc%12Sc%12ccccc%12%11)cc%10)n9)c8)c7)cccc65)cc4)n3)c2)cc1. The molecule has 0 amide bonds. The maximum Gasteiger partial charge on any atom is 0.164 e. The Kier molecular flexibility index (Phi) is 14.6. The van der Waals surface area contributed by atoms with Gasteiger partial charge in [-0.25, -0.2) is 29.9 Å². The minimum Gasteiger partial charge on any atom is -0.308 e. The van der Waals surface area contributed by atoms with Crippen LogP contribution < -0.4 is 9.80 Å². The van der Waals surface area contributed by atoms with Crippen LogP contribution in [0.4, 0.5) is 34.1 Å². The van der Waals surface area contributed by atoms with Crippen molar-refractivity contribution in [1.82, 2.24) is 29.9 Å². The summed E-state index contributed by atoms with van der Waals surface area (Å²) < 4.78 is 0. The van der Waals surface area contributed by atoms with Crippen LogP contribution in [0.1, 0.15) is 0 Å². The summed E-state index contributed by atoms with van der Waals surface area (Å²) in [4.78, 5) is 40.7. The Balaban J connectivity index is 0.731. The average Bonchev–Trinajstić information content (AvgIpc) is 0.766. The first-order valence-electron chi connectivity index (χ1n) is 31.2. The zero-order valence-corrected chi connectivity index (χ0v) is 52.2. The predicted octanol–water partition coefficient (Wildman–Crippen LogP) is 22.6. The molecule has 0 fully saturated rings. The highest BCUT2D eigenvalue weighted by Gasteiger charge is 2.29. The van der Waals surface area contributed by atoms with Gasteiger partial charge < -0.3 is 9.80 Å². The molecule has 13 aromatic carbocycles. The molecule has 17 rings (SSSR count). The van der Waals surface area contributed by atoms with Gasteiger partial charge in [0.2, 0.25) is 0 Å². The van der Waals surface area contributed by atoms with Gasteiger partial charge in [0.25, 0.3) is 0 Å². The molecule has 0 N–H and O–H groups in total. The van der Waals surface area contributed by atoms with Crippen LogP contribution in [0.3, 0.4) is 0 Å². The third-order valence-electron chi connectivity index (χ3n) is 17.1. The van der Waals surface area contributed by atoms with E-state index >= 15 is 0 Å². The van der Waals surface area contributed by atoms with Crippen LogP contribution in [-0.4, -0.2) is 29.9 Å². The van der Waals surface area contributed by atoms with E-state index in [-0.39, 0.29) is 0 Å². The molecule has 94 heavy (non-hydrogen) atoms. The fraction of sp³-hybridized carbons (Fsp3) is 0. The maximum atomic E-state index is 5.35. The first-order valence-corrected chi connectivity index (χ1v) is 32.9. The van der Waals surface area contributed by atoms with Crippen molar-refractivity contribution >= 4 is 57.6 Å². The van der Waals surface area contributed by atoms with Gasteiger partial charge in [0.15, 0.2) is 34.9 Å². The second kappa shape index (κ2) is 24.4. The molecular formula is C84H54N8S2. The zero-order valence-electron chi connectivity index (χ0n) is 50.6. The summed E-state index contributed by atoms with van der Waals surface area (Å²) in [6, 6.07) is 115. The van der Waals surface area contributed by atoms with E-state index in [0.29, 0.717) is 34.9 Å². The quantitative estimate of drug-likeness (QED) is 0.118. The van der Waals surface area contributed by atoms with Crippen LogP contribution in [0.25, 0.3) is 113 Å². The molecule has 2 aromatic heterocycles. The second-order valence-electron chi connectivity index (χ2n) is 23.1. The van der Waals surface area contributed by atoms with Crippen molar-refractivity contribution in [2.45, 2.75) is 19.6 Å². The third kappa shape index (κ3) is 10.9. The van der Waals surface area contributed by atoms with E-state index < -0.39 is 0 Å². The fourth-order valence-corrected chi connectivity index (χ4v) is 14.8. The minimum atomic E-state index is 0.583. The number of nitrogens with zero attached hydrogens (tertiary/aromatic N) is 8. The van der Waals surface area contributed by atoms with Crippen molar-refractivity contribution in [2.24, 2.45) is 0 Å². The molecule has 2 aliphatic rings. The van der Waals surface area contributed by atoms with Gasteiger partial charge in [0.1, 0.15) is 0 Å². The molecule has 442 valence electrons. The lowest BCUT2D eigenvalue weighted by atomic mass is 9.93. The molecule has 0 saturated heterocycles. The van der Waals surface area contributed by atoms with E-state index in [2.05, 4.69) is 283 Å². The highest BCUT2D eigenvalue weighted by Crippen LogP contribution is 2.55. The highest BCUT2D eigenvalue weighted by molar-refractivity contribution is 8.00. The summed E-state index contributed by atoms with van der Waals surface area (Å²) in [5.41, 5.74) is 20.7. The predicted molar refractivity (Wildman–Crippen MR) is 385 cm³/mol. The number of fused-ring (bicyclic) bond motifs is 4. The van der Waals surface area contributed by atoms with Gasteiger partial charge in [-0.3, -0.25) is 0 Å². The Bertz CT molecular complexity index is 5280. The molecular weight excluding hydrogens is 1190 g/mol. The third-order valence-corrected chi connectivity index (χ3v) is 19.4. The lowest BCUT2D eigenvalue weighted by molar-refractivity contribution is 1.07. The van der Waals surface area contributed by atoms with Gasteiger partial charge in [-0.05, 0) is 166 Å². The largest absolute Gasteiger partial charge is 0.308 e. The first-order chi connectivity index (χ1) is 46.5. The second-order valence-corrected chi connectivity index (χ2v) is 25.2. The Morgan fingerprint density at radius 1 is 0.191 bits per heavy atom. The summed E-state index contributed by atoms with van der Waals surface area (Å²) >= 11 is 3.61. The standard InChI is InChI=1S/C84H54N8S2/c1-5-22-55(23-6-1)61-30-20-33-64(51-61)83-87-79(57-26-9-3-10-27-57)85-81(88-83)59-44-48-69(49-45-59)92-73-37-15-18-41-77(73)94-78-70(34-21-38-74(78)92)63-32-19-31-62(50-63)66-52-65(56-24-7-2-8-25-56)53-67(54-66)84-89-80(58-28-11-4-12-29-58)86-82(90-84)60-42-46-68(47-43-60)91-71-35-13-16-39-75(71)93-76-40-17-14-36-72(76)91/h1-54H. The fourth-order valence-electron chi connectivity index (χ4n) is 12.5. The van der Waals surface area contributed by atoms with E-state index in [4.69, 9.17) is 29.9 Å². The lowest BCUT2D eigenvalue weighted by Gasteiger charge is -2.34. The van der Waals surface area contributed by atoms with Crippen molar-refractivity contribution in [1.29, 1.82) is 0 Å². The molecule has 8 nitrogen and oxygen atoms in total. The monoisotopic (exact) mass is 1240 g/mol. The Labute approximate surface area is 553 Å². The molecule has 4 heterocycles. The highest BCUT2D eigenvalue weighted by atomic mass is 32.2. The molecule has 0 saturated carbocycles. The average molecular weight is 1240 g/mol.